The smallest absolute Gasteiger partial charge is 0.270 e. The molecule has 1 fully saturated rings. The lowest BCUT2D eigenvalue weighted by atomic mass is 10.1. The van der Waals surface area contributed by atoms with Gasteiger partial charge < -0.3 is 10.3 Å². The average molecular weight is 323 g/mol. The van der Waals surface area contributed by atoms with Gasteiger partial charge in [-0.05, 0) is 25.0 Å². The number of carbonyl (C=O) groups is 1. The molecule has 0 aliphatic carbocycles. The van der Waals surface area contributed by atoms with Gasteiger partial charge in [0.1, 0.15) is 5.69 Å². The maximum atomic E-state index is 12.3. The minimum absolute atomic E-state index is 0.201. The summed E-state index contributed by atoms with van der Waals surface area (Å²) < 4.78 is 24.6. The van der Waals surface area contributed by atoms with Crippen LogP contribution >= 0.6 is 0 Å². The van der Waals surface area contributed by atoms with Gasteiger partial charge in [-0.2, -0.15) is 0 Å². The summed E-state index contributed by atoms with van der Waals surface area (Å²) in [6.07, 6.45) is 4.18. The van der Waals surface area contributed by atoms with E-state index in [1.165, 1.54) is 16.9 Å². The minimum Gasteiger partial charge on any atom is -0.347 e. The lowest BCUT2D eigenvalue weighted by Gasteiger charge is -2.31. The summed E-state index contributed by atoms with van der Waals surface area (Å²) in [5.41, 5.74) is 1.52. The van der Waals surface area contributed by atoms with E-state index < -0.39 is 10.0 Å². The van der Waals surface area contributed by atoms with Crippen LogP contribution in [0, 0.1) is 0 Å². The summed E-state index contributed by atoms with van der Waals surface area (Å²) in [5, 5.41) is 2.85. The second-order valence-electron chi connectivity index (χ2n) is 5.40. The van der Waals surface area contributed by atoms with Gasteiger partial charge in [-0.1, -0.05) is 0 Å². The number of fused-ring (bicyclic) bond motifs is 1. The Hall–Kier alpha value is -2.00. The second-order valence-corrected chi connectivity index (χ2v) is 7.39. The van der Waals surface area contributed by atoms with Crippen molar-refractivity contribution in [1.29, 1.82) is 0 Å². The molecule has 3 heterocycles. The molecule has 9 heteroatoms. The van der Waals surface area contributed by atoms with Crippen molar-refractivity contribution in [1.82, 2.24) is 24.6 Å². The summed E-state index contributed by atoms with van der Waals surface area (Å²) in [6.45, 7) is 0.803. The summed E-state index contributed by atoms with van der Waals surface area (Å²) >= 11 is 0. The second kappa shape index (κ2) is 5.65. The van der Waals surface area contributed by atoms with Gasteiger partial charge in [0, 0.05) is 19.1 Å². The number of hydrogen-bond acceptors (Lipinski definition) is 5. The predicted molar refractivity (Wildman–Crippen MR) is 80.8 cm³/mol. The Balaban J connectivity index is 1.70. The fraction of sp³-hybridized carbons (Fsp3) is 0.462. The predicted octanol–water partition coefficient (Wildman–Crippen LogP) is 0.112. The quantitative estimate of drug-likeness (QED) is 0.833. The lowest BCUT2D eigenvalue weighted by Crippen LogP contribution is -2.49. The molecule has 1 unspecified atom stereocenters. The maximum absolute atomic E-state index is 12.3. The topological polar surface area (TPSA) is 108 Å². The number of H-pyrrole nitrogens is 1. The molecule has 0 aromatic carbocycles. The molecule has 1 aliphatic rings. The first kappa shape index (κ1) is 14.9. The molecule has 22 heavy (non-hydrogen) atoms. The molecular formula is C13H17N5O3S. The Morgan fingerprint density at radius 2 is 2.27 bits per heavy atom. The van der Waals surface area contributed by atoms with Crippen molar-refractivity contribution in [2.75, 3.05) is 19.3 Å². The van der Waals surface area contributed by atoms with Crippen LogP contribution in [0.1, 0.15) is 23.3 Å². The number of nitrogens with zero attached hydrogens (tertiary/aromatic N) is 3. The summed E-state index contributed by atoms with van der Waals surface area (Å²) in [4.78, 5) is 23.4. The Bertz CT molecular complexity index is 801. The highest BCUT2D eigenvalue weighted by atomic mass is 32.2. The molecule has 0 saturated carbocycles. The van der Waals surface area contributed by atoms with Gasteiger partial charge in [-0.15, -0.1) is 0 Å². The molecule has 1 aliphatic heterocycles. The van der Waals surface area contributed by atoms with Crippen LogP contribution in [0.3, 0.4) is 0 Å². The molecule has 2 aromatic heterocycles. The van der Waals surface area contributed by atoms with Crippen molar-refractivity contribution in [2.24, 2.45) is 0 Å². The highest BCUT2D eigenvalue weighted by molar-refractivity contribution is 7.88. The van der Waals surface area contributed by atoms with E-state index in [-0.39, 0.29) is 17.6 Å². The van der Waals surface area contributed by atoms with Crippen LogP contribution in [0.25, 0.3) is 11.2 Å². The molecule has 2 aromatic rings. The van der Waals surface area contributed by atoms with Crippen molar-refractivity contribution in [3.63, 3.8) is 0 Å². The minimum atomic E-state index is -3.23. The maximum Gasteiger partial charge on any atom is 0.270 e. The van der Waals surface area contributed by atoms with Gasteiger partial charge in [-0.3, -0.25) is 4.79 Å². The number of piperidine rings is 1. The number of hydrogen-bond donors (Lipinski definition) is 2. The van der Waals surface area contributed by atoms with E-state index >= 15 is 0 Å². The van der Waals surface area contributed by atoms with Crippen molar-refractivity contribution < 1.29 is 13.2 Å². The van der Waals surface area contributed by atoms with E-state index in [1.54, 1.807) is 12.1 Å². The molecule has 0 spiro atoms. The van der Waals surface area contributed by atoms with Crippen LogP contribution in [-0.4, -0.2) is 59.0 Å². The number of imidazole rings is 1. The lowest BCUT2D eigenvalue weighted by molar-refractivity contribution is 0.0916. The van der Waals surface area contributed by atoms with E-state index in [0.717, 1.165) is 18.4 Å². The summed E-state index contributed by atoms with van der Waals surface area (Å²) in [6, 6.07) is 3.16. The van der Waals surface area contributed by atoms with Crippen LogP contribution in [0.5, 0.6) is 0 Å². The fourth-order valence-corrected chi connectivity index (χ4v) is 3.48. The third-order valence-corrected chi connectivity index (χ3v) is 4.97. The monoisotopic (exact) mass is 323 g/mol. The number of sulfonamides is 1. The first-order valence-electron chi connectivity index (χ1n) is 6.99. The first-order chi connectivity index (χ1) is 10.4. The van der Waals surface area contributed by atoms with E-state index in [0.29, 0.717) is 18.7 Å². The van der Waals surface area contributed by atoms with Gasteiger partial charge >= 0.3 is 0 Å². The SMILES string of the molecule is CS(=O)(=O)N1CCCC(NC(=O)c2ccc3[nH]cnc3n2)C1. The van der Waals surface area contributed by atoms with Gasteiger partial charge in [0.2, 0.25) is 10.0 Å². The third kappa shape index (κ3) is 3.09. The van der Waals surface area contributed by atoms with E-state index in [4.69, 9.17) is 0 Å². The van der Waals surface area contributed by atoms with Gasteiger partial charge in [0.05, 0.1) is 18.1 Å². The summed E-state index contributed by atoms with van der Waals surface area (Å²) in [7, 11) is -3.23. The number of nitrogens with one attached hydrogen (secondary N) is 2. The van der Waals surface area contributed by atoms with Crippen LogP contribution in [0.4, 0.5) is 0 Å². The van der Waals surface area contributed by atoms with E-state index in [2.05, 4.69) is 20.3 Å². The molecule has 1 amide bonds. The standard InChI is InChI=1S/C13H17N5O3S/c1-22(20,21)18-6-2-3-9(7-18)16-13(19)11-5-4-10-12(17-11)15-8-14-10/h4-5,8-9H,2-3,6-7H2,1H3,(H,16,19)(H,14,15,17). The molecule has 1 atom stereocenters. The first-order valence-corrected chi connectivity index (χ1v) is 8.84. The van der Waals surface area contributed by atoms with Gasteiger partial charge in [0.25, 0.3) is 5.91 Å². The van der Waals surface area contributed by atoms with Crippen LogP contribution in [0.15, 0.2) is 18.5 Å². The number of aromatic nitrogens is 3. The largest absolute Gasteiger partial charge is 0.347 e. The van der Waals surface area contributed by atoms with Crippen LogP contribution in [0.2, 0.25) is 0 Å². The fourth-order valence-electron chi connectivity index (χ4n) is 2.57. The Morgan fingerprint density at radius 1 is 1.45 bits per heavy atom. The van der Waals surface area contributed by atoms with Gasteiger partial charge in [-0.25, -0.2) is 22.7 Å². The number of rotatable bonds is 3. The van der Waals surface area contributed by atoms with Crippen molar-refractivity contribution in [3.8, 4) is 0 Å². The van der Waals surface area contributed by atoms with E-state index in [9.17, 15) is 13.2 Å². The van der Waals surface area contributed by atoms with Crippen LogP contribution in [-0.2, 0) is 10.0 Å². The van der Waals surface area contributed by atoms with E-state index in [1.807, 2.05) is 0 Å². The highest BCUT2D eigenvalue weighted by Crippen LogP contribution is 2.14. The molecule has 8 nitrogen and oxygen atoms in total. The normalized spacial score (nSPS) is 20.1. The molecule has 3 rings (SSSR count). The molecule has 2 N–H and O–H groups in total. The van der Waals surface area contributed by atoms with Crippen LogP contribution < -0.4 is 5.32 Å². The number of aromatic amines is 1. The molecule has 0 bridgehead atoms. The zero-order valence-electron chi connectivity index (χ0n) is 12.1. The average Bonchev–Trinajstić information content (AvgIpc) is 2.94. The Kier molecular flexibility index (Phi) is 3.83. The number of amides is 1. The molecular weight excluding hydrogens is 306 g/mol. The van der Waals surface area contributed by atoms with Crippen molar-refractivity contribution >= 4 is 27.1 Å². The number of pyridine rings is 1. The Labute approximate surface area is 128 Å². The summed E-state index contributed by atoms with van der Waals surface area (Å²) in [5.74, 6) is -0.315. The zero-order chi connectivity index (χ0) is 15.7. The Morgan fingerprint density at radius 3 is 3.05 bits per heavy atom. The highest BCUT2D eigenvalue weighted by Gasteiger charge is 2.27. The van der Waals surface area contributed by atoms with Gasteiger partial charge in [0.15, 0.2) is 5.65 Å². The van der Waals surface area contributed by atoms with Crippen molar-refractivity contribution in [3.05, 3.63) is 24.2 Å². The molecule has 1 saturated heterocycles. The molecule has 0 radical (unpaired) electrons. The van der Waals surface area contributed by atoms with Crippen molar-refractivity contribution in [2.45, 2.75) is 18.9 Å². The zero-order valence-corrected chi connectivity index (χ0v) is 12.9. The number of carbonyl (C=O) groups excluding carboxylic acids is 1. The molecule has 118 valence electrons. The third-order valence-electron chi connectivity index (χ3n) is 3.70.